The molecular formula is C19H33NO4. The maximum absolute atomic E-state index is 12.2. The Kier molecular flexibility index (Phi) is 7.30. The van der Waals surface area contributed by atoms with Crippen LogP contribution in [0.25, 0.3) is 0 Å². The summed E-state index contributed by atoms with van der Waals surface area (Å²) >= 11 is 0. The van der Waals surface area contributed by atoms with Crippen LogP contribution in [0.1, 0.15) is 66.7 Å². The number of carbonyl (C=O) groups is 2. The Bertz CT molecular complexity index is 456. The third kappa shape index (κ3) is 6.54. The minimum atomic E-state index is -0.542. The van der Waals surface area contributed by atoms with Gasteiger partial charge in [0.25, 0.3) is 0 Å². The van der Waals surface area contributed by atoms with E-state index in [1.165, 1.54) is 7.11 Å². The molecule has 0 radical (unpaired) electrons. The molecular weight excluding hydrogens is 306 g/mol. The van der Waals surface area contributed by atoms with E-state index >= 15 is 0 Å². The largest absolute Gasteiger partial charge is 0.468 e. The summed E-state index contributed by atoms with van der Waals surface area (Å²) in [6.07, 6.45) is 7.88. The van der Waals surface area contributed by atoms with E-state index in [-0.39, 0.29) is 12.0 Å². The van der Waals surface area contributed by atoms with Crippen LogP contribution in [-0.4, -0.2) is 30.8 Å². The lowest BCUT2D eigenvalue weighted by Crippen LogP contribution is -2.39. The minimum absolute atomic E-state index is 0.165. The van der Waals surface area contributed by atoms with Gasteiger partial charge in [-0.2, -0.15) is 0 Å². The van der Waals surface area contributed by atoms with Crippen LogP contribution in [0.3, 0.4) is 0 Å². The van der Waals surface area contributed by atoms with E-state index in [9.17, 15) is 9.59 Å². The number of carbonyl (C=O) groups excluding carboxylic acids is 2. The second kappa shape index (κ2) is 8.54. The predicted molar refractivity (Wildman–Crippen MR) is 94.7 cm³/mol. The van der Waals surface area contributed by atoms with Crippen LogP contribution in [-0.2, 0) is 14.3 Å². The Morgan fingerprint density at radius 3 is 2.25 bits per heavy atom. The highest BCUT2D eigenvalue weighted by Crippen LogP contribution is 2.40. The van der Waals surface area contributed by atoms with E-state index in [1.54, 1.807) is 0 Å². The first-order valence-corrected chi connectivity index (χ1v) is 8.85. The first-order valence-electron chi connectivity index (χ1n) is 8.85. The van der Waals surface area contributed by atoms with Gasteiger partial charge in [0.1, 0.15) is 5.60 Å². The van der Waals surface area contributed by atoms with Crippen molar-refractivity contribution in [1.29, 1.82) is 0 Å². The molecule has 138 valence electrons. The molecule has 0 heterocycles. The molecule has 1 saturated carbocycles. The maximum Gasteiger partial charge on any atom is 0.408 e. The molecule has 1 atom stereocenters. The van der Waals surface area contributed by atoms with Crippen LogP contribution in [0.15, 0.2) is 12.2 Å². The van der Waals surface area contributed by atoms with Gasteiger partial charge in [0.2, 0.25) is 0 Å². The van der Waals surface area contributed by atoms with Gasteiger partial charge in [0.05, 0.1) is 18.6 Å². The number of methoxy groups -OCH3 is 1. The van der Waals surface area contributed by atoms with E-state index in [0.29, 0.717) is 5.92 Å². The lowest BCUT2D eigenvalue weighted by atomic mass is 9.85. The molecule has 0 aromatic rings. The molecule has 0 saturated heterocycles. The number of nitrogens with one attached hydrogen (secondary N) is 1. The number of rotatable bonds is 6. The quantitative estimate of drug-likeness (QED) is 0.581. The number of alkyl carbamates (subject to hydrolysis) is 1. The van der Waals surface area contributed by atoms with Crippen LogP contribution in [0, 0.1) is 11.3 Å². The average Bonchev–Trinajstić information content (AvgIpc) is 2.91. The Labute approximate surface area is 146 Å². The van der Waals surface area contributed by atoms with Crippen molar-refractivity contribution in [3.63, 3.8) is 0 Å². The normalized spacial score (nSPS) is 18.6. The van der Waals surface area contributed by atoms with Gasteiger partial charge in [0.15, 0.2) is 0 Å². The first kappa shape index (κ1) is 20.5. The van der Waals surface area contributed by atoms with Crippen molar-refractivity contribution in [2.75, 3.05) is 7.11 Å². The lowest BCUT2D eigenvalue weighted by molar-refractivity contribution is -0.149. The van der Waals surface area contributed by atoms with Crippen LogP contribution in [0.4, 0.5) is 4.79 Å². The van der Waals surface area contributed by atoms with E-state index in [1.807, 2.05) is 32.9 Å². The van der Waals surface area contributed by atoms with E-state index < -0.39 is 17.1 Å². The van der Waals surface area contributed by atoms with Crippen molar-refractivity contribution in [2.45, 2.75) is 78.4 Å². The number of hydrogen-bond acceptors (Lipinski definition) is 4. The van der Waals surface area contributed by atoms with Crippen molar-refractivity contribution < 1.29 is 19.1 Å². The summed E-state index contributed by atoms with van der Waals surface area (Å²) in [6.45, 7) is 9.71. The number of esters is 1. The number of hydrogen-bond donors (Lipinski definition) is 1. The number of amides is 1. The van der Waals surface area contributed by atoms with Crippen molar-refractivity contribution in [2.24, 2.45) is 11.3 Å². The van der Waals surface area contributed by atoms with Crippen molar-refractivity contribution in [1.82, 2.24) is 5.32 Å². The molecule has 1 amide bonds. The highest BCUT2D eigenvalue weighted by molar-refractivity contribution is 5.79. The topological polar surface area (TPSA) is 64.6 Å². The van der Waals surface area contributed by atoms with Gasteiger partial charge < -0.3 is 14.8 Å². The zero-order chi connectivity index (χ0) is 18.4. The monoisotopic (exact) mass is 339 g/mol. The maximum atomic E-state index is 12.2. The summed E-state index contributed by atoms with van der Waals surface area (Å²) in [4.78, 5) is 24.3. The number of ether oxygens (including phenoxy) is 2. The fourth-order valence-electron chi connectivity index (χ4n) is 3.10. The summed E-state index contributed by atoms with van der Waals surface area (Å²) < 4.78 is 10.3. The van der Waals surface area contributed by atoms with Gasteiger partial charge in [-0.3, -0.25) is 4.79 Å². The van der Waals surface area contributed by atoms with Crippen LogP contribution in [0.5, 0.6) is 0 Å². The van der Waals surface area contributed by atoms with E-state index in [0.717, 1.165) is 32.1 Å². The summed E-state index contributed by atoms with van der Waals surface area (Å²) in [6, 6.07) is -0.165. The van der Waals surface area contributed by atoms with Crippen molar-refractivity contribution in [3.05, 3.63) is 12.2 Å². The molecule has 1 aliphatic carbocycles. The molecule has 1 rings (SSSR count). The van der Waals surface area contributed by atoms with Crippen LogP contribution >= 0.6 is 0 Å². The fourth-order valence-corrected chi connectivity index (χ4v) is 3.10. The average molecular weight is 339 g/mol. The Morgan fingerprint density at radius 1 is 1.21 bits per heavy atom. The Morgan fingerprint density at radius 2 is 1.79 bits per heavy atom. The molecule has 0 aliphatic heterocycles. The Balaban J connectivity index is 2.84. The highest BCUT2D eigenvalue weighted by atomic mass is 16.6. The second-order valence-corrected chi connectivity index (χ2v) is 8.10. The minimum Gasteiger partial charge on any atom is -0.468 e. The highest BCUT2D eigenvalue weighted by Gasteiger charge is 2.40. The predicted octanol–water partition coefficient (Wildman–Crippen LogP) is 4.22. The molecule has 0 aromatic heterocycles. The van der Waals surface area contributed by atoms with Gasteiger partial charge in [-0.25, -0.2) is 4.79 Å². The van der Waals surface area contributed by atoms with Gasteiger partial charge in [-0.1, -0.05) is 38.8 Å². The smallest absolute Gasteiger partial charge is 0.408 e. The van der Waals surface area contributed by atoms with Gasteiger partial charge >= 0.3 is 12.1 Å². The van der Waals surface area contributed by atoms with E-state index in [4.69, 9.17) is 9.47 Å². The second-order valence-electron chi connectivity index (χ2n) is 8.10. The van der Waals surface area contributed by atoms with Crippen molar-refractivity contribution >= 4 is 12.1 Å². The van der Waals surface area contributed by atoms with Crippen LogP contribution in [0.2, 0.25) is 0 Å². The fraction of sp³-hybridized carbons (Fsp3) is 0.789. The SMILES string of the molecule is COC(=O)C1(/C=C/[C@H](CC(C)C)NC(=O)OC(C)(C)C)CCCC1. The standard InChI is InChI=1S/C19H33NO4/c1-14(2)13-15(20-17(22)24-18(3,4)5)9-12-19(16(21)23-6)10-7-8-11-19/h9,12,14-15H,7-8,10-11,13H2,1-6H3,(H,20,22)/b12-9+/t15-/m1/s1. The first-order chi connectivity index (χ1) is 11.1. The zero-order valence-electron chi connectivity index (χ0n) is 16.0. The molecule has 1 aliphatic rings. The third-order valence-corrected chi connectivity index (χ3v) is 4.16. The summed E-state index contributed by atoms with van der Waals surface area (Å²) in [7, 11) is 1.43. The molecule has 5 heteroatoms. The molecule has 1 fully saturated rings. The van der Waals surface area contributed by atoms with E-state index in [2.05, 4.69) is 19.2 Å². The third-order valence-electron chi connectivity index (χ3n) is 4.16. The molecule has 1 N–H and O–H groups in total. The summed E-state index contributed by atoms with van der Waals surface area (Å²) in [5.74, 6) is 0.226. The molecule has 24 heavy (non-hydrogen) atoms. The molecule has 0 spiro atoms. The zero-order valence-corrected chi connectivity index (χ0v) is 16.0. The van der Waals surface area contributed by atoms with Gasteiger partial charge in [-0.05, 0) is 46.0 Å². The Hall–Kier alpha value is -1.52. The summed E-state index contributed by atoms with van der Waals surface area (Å²) in [5, 5.41) is 2.90. The summed E-state index contributed by atoms with van der Waals surface area (Å²) in [5.41, 5.74) is -1.07. The molecule has 0 unspecified atom stereocenters. The lowest BCUT2D eigenvalue weighted by Gasteiger charge is -2.25. The molecule has 5 nitrogen and oxygen atoms in total. The van der Waals surface area contributed by atoms with Gasteiger partial charge in [0, 0.05) is 0 Å². The molecule has 0 aromatic carbocycles. The van der Waals surface area contributed by atoms with Crippen LogP contribution < -0.4 is 5.32 Å². The van der Waals surface area contributed by atoms with Gasteiger partial charge in [-0.15, -0.1) is 0 Å². The molecule has 0 bridgehead atoms. The van der Waals surface area contributed by atoms with Crippen molar-refractivity contribution in [3.8, 4) is 0 Å².